The van der Waals surface area contributed by atoms with E-state index in [4.69, 9.17) is 11.6 Å². The van der Waals surface area contributed by atoms with Crippen molar-refractivity contribution in [3.05, 3.63) is 21.3 Å². The highest BCUT2D eigenvalue weighted by Gasteiger charge is 2.05. The Hall–Kier alpha value is -0.100. The van der Waals surface area contributed by atoms with E-state index < -0.39 is 9.84 Å². The maximum Gasteiger partial charge on any atom is 0.150 e. The second-order valence-corrected chi connectivity index (χ2v) is 7.74. The van der Waals surface area contributed by atoms with Crippen LogP contribution >= 0.6 is 22.9 Å². The summed E-state index contributed by atoms with van der Waals surface area (Å²) in [5, 5.41) is 3.20. The van der Waals surface area contributed by atoms with Crippen molar-refractivity contribution in [1.29, 1.82) is 0 Å². The third kappa shape index (κ3) is 5.30. The van der Waals surface area contributed by atoms with Crippen LogP contribution in [0.3, 0.4) is 0 Å². The van der Waals surface area contributed by atoms with E-state index >= 15 is 0 Å². The second-order valence-electron chi connectivity index (χ2n) is 3.47. The average molecular weight is 282 g/mol. The molecule has 0 saturated heterocycles. The fourth-order valence-electron chi connectivity index (χ4n) is 1.22. The van der Waals surface area contributed by atoms with E-state index in [2.05, 4.69) is 5.32 Å². The summed E-state index contributed by atoms with van der Waals surface area (Å²) in [6, 6.07) is 3.84. The molecule has 92 valence electrons. The molecule has 0 bridgehead atoms. The molecule has 1 aromatic heterocycles. The molecule has 0 atom stereocenters. The molecule has 3 nitrogen and oxygen atoms in total. The van der Waals surface area contributed by atoms with Crippen LogP contribution in [-0.4, -0.2) is 26.5 Å². The van der Waals surface area contributed by atoms with E-state index in [0.717, 1.165) is 17.4 Å². The molecule has 0 aromatic carbocycles. The first-order valence-corrected chi connectivity index (χ1v) is 8.20. The van der Waals surface area contributed by atoms with Crippen LogP contribution < -0.4 is 5.32 Å². The molecule has 0 radical (unpaired) electrons. The number of hydrogen-bond donors (Lipinski definition) is 1. The zero-order valence-electron chi connectivity index (χ0n) is 9.20. The number of sulfone groups is 1. The van der Waals surface area contributed by atoms with Crippen molar-refractivity contribution in [1.82, 2.24) is 5.32 Å². The quantitative estimate of drug-likeness (QED) is 0.780. The summed E-state index contributed by atoms with van der Waals surface area (Å²) in [5.41, 5.74) is 0. The zero-order chi connectivity index (χ0) is 12.0. The van der Waals surface area contributed by atoms with E-state index in [0.29, 0.717) is 6.42 Å². The van der Waals surface area contributed by atoms with Crippen molar-refractivity contribution >= 4 is 32.8 Å². The number of hydrogen-bond acceptors (Lipinski definition) is 4. The van der Waals surface area contributed by atoms with E-state index in [1.54, 1.807) is 18.3 Å². The minimum Gasteiger partial charge on any atom is -0.312 e. The molecule has 0 unspecified atom stereocenters. The minimum atomic E-state index is -2.82. The lowest BCUT2D eigenvalue weighted by atomic mass is 10.4. The first kappa shape index (κ1) is 14.0. The molecule has 1 aromatic rings. The highest BCUT2D eigenvalue weighted by Crippen LogP contribution is 2.20. The zero-order valence-corrected chi connectivity index (χ0v) is 11.6. The summed E-state index contributed by atoms with van der Waals surface area (Å²) < 4.78 is 23.2. The Morgan fingerprint density at radius 3 is 2.75 bits per heavy atom. The van der Waals surface area contributed by atoms with Crippen LogP contribution in [-0.2, 0) is 16.4 Å². The molecule has 0 amide bonds. The van der Waals surface area contributed by atoms with Gasteiger partial charge in [-0.2, -0.15) is 0 Å². The predicted octanol–water partition coefficient (Wildman–Crippen LogP) is 2.32. The molecule has 0 fully saturated rings. The maximum absolute atomic E-state index is 11.2. The minimum absolute atomic E-state index is 0.230. The van der Waals surface area contributed by atoms with Gasteiger partial charge < -0.3 is 5.32 Å². The molecule has 16 heavy (non-hydrogen) atoms. The Kier molecular flexibility index (Phi) is 5.75. The lowest BCUT2D eigenvalue weighted by molar-refractivity contribution is 0.590. The van der Waals surface area contributed by atoms with Gasteiger partial charge in [0, 0.05) is 17.2 Å². The van der Waals surface area contributed by atoms with E-state index in [9.17, 15) is 8.42 Å². The van der Waals surface area contributed by atoms with Gasteiger partial charge in [0.1, 0.15) is 9.84 Å². The van der Waals surface area contributed by atoms with Gasteiger partial charge in [-0.1, -0.05) is 18.5 Å². The van der Waals surface area contributed by atoms with E-state index in [1.165, 1.54) is 4.88 Å². The fourth-order valence-corrected chi connectivity index (χ4v) is 3.15. The number of thiophene rings is 1. The van der Waals surface area contributed by atoms with Crippen LogP contribution in [0.5, 0.6) is 0 Å². The average Bonchev–Trinajstić information content (AvgIpc) is 2.64. The topological polar surface area (TPSA) is 46.2 Å². The van der Waals surface area contributed by atoms with Crippen LogP contribution in [0.1, 0.15) is 18.2 Å². The number of halogens is 1. The van der Waals surface area contributed by atoms with Crippen molar-refractivity contribution in [2.24, 2.45) is 0 Å². The van der Waals surface area contributed by atoms with Crippen molar-refractivity contribution in [2.75, 3.05) is 18.1 Å². The third-order valence-electron chi connectivity index (χ3n) is 2.18. The van der Waals surface area contributed by atoms with Crippen LogP contribution in [0, 0.1) is 0 Å². The summed E-state index contributed by atoms with van der Waals surface area (Å²) in [5.74, 6) is 0.495. The van der Waals surface area contributed by atoms with Crippen LogP contribution in [0.25, 0.3) is 0 Å². The van der Waals surface area contributed by atoms with Gasteiger partial charge in [-0.05, 0) is 25.1 Å². The first-order valence-electron chi connectivity index (χ1n) is 5.19. The number of rotatable bonds is 7. The van der Waals surface area contributed by atoms with Gasteiger partial charge in [0.15, 0.2) is 0 Å². The largest absolute Gasteiger partial charge is 0.312 e. The van der Waals surface area contributed by atoms with Crippen LogP contribution in [0.2, 0.25) is 4.34 Å². The van der Waals surface area contributed by atoms with Crippen LogP contribution in [0.15, 0.2) is 12.1 Å². The Labute approximate surface area is 106 Å². The van der Waals surface area contributed by atoms with Gasteiger partial charge in [-0.3, -0.25) is 0 Å². The summed E-state index contributed by atoms with van der Waals surface area (Å²) in [7, 11) is -2.82. The van der Waals surface area contributed by atoms with Gasteiger partial charge in [0.2, 0.25) is 0 Å². The summed E-state index contributed by atoms with van der Waals surface area (Å²) >= 11 is 7.33. The Morgan fingerprint density at radius 2 is 2.19 bits per heavy atom. The second kappa shape index (κ2) is 6.59. The molecular formula is C10H16ClNO2S2. The van der Waals surface area contributed by atoms with Gasteiger partial charge in [0.05, 0.1) is 10.1 Å². The molecule has 0 aliphatic rings. The van der Waals surface area contributed by atoms with Crippen molar-refractivity contribution < 1.29 is 8.42 Å². The van der Waals surface area contributed by atoms with Gasteiger partial charge in [-0.15, -0.1) is 11.3 Å². The Morgan fingerprint density at radius 1 is 1.44 bits per heavy atom. The number of nitrogens with one attached hydrogen (secondary N) is 1. The van der Waals surface area contributed by atoms with Crippen molar-refractivity contribution in [3.8, 4) is 0 Å². The molecule has 6 heteroatoms. The summed E-state index contributed by atoms with van der Waals surface area (Å²) in [6.45, 7) is 3.15. The fraction of sp³-hybridized carbons (Fsp3) is 0.600. The van der Waals surface area contributed by atoms with Crippen molar-refractivity contribution in [3.63, 3.8) is 0 Å². The molecule has 0 saturated carbocycles. The molecule has 0 aliphatic heterocycles. The van der Waals surface area contributed by atoms with E-state index in [-0.39, 0.29) is 11.5 Å². The lowest BCUT2D eigenvalue weighted by Crippen LogP contribution is -2.18. The molecule has 0 spiro atoms. The van der Waals surface area contributed by atoms with Crippen molar-refractivity contribution in [2.45, 2.75) is 19.9 Å². The molecule has 1 heterocycles. The maximum atomic E-state index is 11.2. The third-order valence-corrected chi connectivity index (χ3v) is 5.20. The molecule has 1 N–H and O–H groups in total. The summed E-state index contributed by atoms with van der Waals surface area (Å²) in [6.07, 6.45) is 0.662. The molecule has 0 aliphatic carbocycles. The Bertz CT molecular complexity index is 414. The standard InChI is InChI=1S/C10H16ClNO2S2/c1-2-16(13,14)7-3-6-12-8-9-4-5-10(11)15-9/h4-5,12H,2-3,6-8H2,1H3. The first-order chi connectivity index (χ1) is 7.53. The molecule has 1 rings (SSSR count). The summed E-state index contributed by atoms with van der Waals surface area (Å²) in [4.78, 5) is 1.17. The highest BCUT2D eigenvalue weighted by atomic mass is 35.5. The van der Waals surface area contributed by atoms with Gasteiger partial charge >= 0.3 is 0 Å². The predicted molar refractivity (Wildman–Crippen MR) is 70.0 cm³/mol. The normalized spacial score (nSPS) is 11.9. The Balaban J connectivity index is 2.13. The monoisotopic (exact) mass is 281 g/mol. The highest BCUT2D eigenvalue weighted by molar-refractivity contribution is 7.91. The van der Waals surface area contributed by atoms with Crippen LogP contribution in [0.4, 0.5) is 0 Å². The van der Waals surface area contributed by atoms with Gasteiger partial charge in [0.25, 0.3) is 0 Å². The SMILES string of the molecule is CCS(=O)(=O)CCCNCc1ccc(Cl)s1. The lowest BCUT2D eigenvalue weighted by Gasteiger charge is -2.03. The van der Waals surface area contributed by atoms with E-state index in [1.807, 2.05) is 12.1 Å². The smallest absolute Gasteiger partial charge is 0.150 e. The van der Waals surface area contributed by atoms with Gasteiger partial charge in [-0.25, -0.2) is 8.42 Å². The molecular weight excluding hydrogens is 266 g/mol.